The zero-order chi connectivity index (χ0) is 21.4. The number of halogens is 1. The molecule has 2 aromatic heterocycles. The monoisotopic (exact) mass is 450 g/mol. The van der Waals surface area contributed by atoms with Gasteiger partial charge in [-0.1, -0.05) is 24.3 Å². The number of likely N-dealkylation sites (tertiary alicyclic amines) is 1. The highest BCUT2D eigenvalue weighted by Gasteiger charge is 2.21. The van der Waals surface area contributed by atoms with Crippen LogP contribution in [-0.2, 0) is 0 Å². The first-order chi connectivity index (χ1) is 15.2. The summed E-state index contributed by atoms with van der Waals surface area (Å²) in [5.41, 5.74) is 2.64. The van der Waals surface area contributed by atoms with E-state index in [4.69, 9.17) is 0 Å². The van der Waals surface area contributed by atoms with Gasteiger partial charge in [0.2, 0.25) is 5.95 Å². The highest BCUT2D eigenvalue weighted by Crippen LogP contribution is 2.31. The third-order valence-corrected chi connectivity index (χ3v) is 6.43. The summed E-state index contributed by atoms with van der Waals surface area (Å²) in [6.07, 6.45) is 9.38. The van der Waals surface area contributed by atoms with Crippen LogP contribution < -0.4 is 0 Å². The molecule has 164 valence electrons. The van der Waals surface area contributed by atoms with Gasteiger partial charge in [0.15, 0.2) is 0 Å². The van der Waals surface area contributed by atoms with Crippen LogP contribution in [0.5, 0.6) is 0 Å². The molecule has 5 rings (SSSR count). The number of carbonyl (C=O) groups excluding carboxylic acids is 1. The van der Waals surface area contributed by atoms with Crippen LogP contribution in [0.1, 0.15) is 23.2 Å². The number of fused-ring (bicyclic) bond motifs is 1. The van der Waals surface area contributed by atoms with Gasteiger partial charge in [-0.2, -0.15) is 0 Å². The van der Waals surface area contributed by atoms with Gasteiger partial charge in [-0.15, -0.1) is 11.8 Å². The predicted octanol–water partition coefficient (Wildman–Crippen LogP) is 4.36. The Balaban J connectivity index is 0.00000245. The first kappa shape index (κ1) is 22.0. The molecular formula is C24H23FN4O2S. The lowest BCUT2D eigenvalue weighted by Gasteiger charge is -2.15. The van der Waals surface area contributed by atoms with Crippen LogP contribution in [0.2, 0.25) is 0 Å². The summed E-state index contributed by atoms with van der Waals surface area (Å²) in [5, 5.41) is 1.05. The molecule has 32 heavy (non-hydrogen) atoms. The van der Waals surface area contributed by atoms with Crippen molar-refractivity contribution in [1.82, 2.24) is 19.4 Å². The first-order valence-electron chi connectivity index (χ1n) is 10.2. The highest BCUT2D eigenvalue weighted by atomic mass is 32.2. The summed E-state index contributed by atoms with van der Waals surface area (Å²) in [5.74, 6) is 0.241. The third kappa shape index (κ3) is 3.87. The summed E-state index contributed by atoms with van der Waals surface area (Å²) >= 11 is 1.63. The van der Waals surface area contributed by atoms with Crippen molar-refractivity contribution in [2.24, 2.45) is 0 Å². The van der Waals surface area contributed by atoms with E-state index in [2.05, 4.69) is 9.97 Å². The second-order valence-electron chi connectivity index (χ2n) is 7.55. The van der Waals surface area contributed by atoms with Crippen LogP contribution in [0.4, 0.5) is 4.39 Å². The first-order valence-corrected chi connectivity index (χ1v) is 11.4. The Morgan fingerprint density at radius 1 is 1.06 bits per heavy atom. The van der Waals surface area contributed by atoms with Crippen LogP contribution in [-0.4, -0.2) is 50.2 Å². The van der Waals surface area contributed by atoms with Gasteiger partial charge >= 0.3 is 0 Å². The van der Waals surface area contributed by atoms with Gasteiger partial charge in [0.25, 0.3) is 5.91 Å². The molecule has 2 aromatic carbocycles. The molecule has 3 heterocycles. The molecule has 0 aliphatic carbocycles. The largest absolute Gasteiger partial charge is 0.412 e. The van der Waals surface area contributed by atoms with Crippen molar-refractivity contribution in [3.05, 3.63) is 72.4 Å². The Bertz CT molecular complexity index is 1270. The molecule has 1 amide bonds. The zero-order valence-corrected chi connectivity index (χ0v) is 18.4. The van der Waals surface area contributed by atoms with E-state index in [1.165, 1.54) is 6.07 Å². The average molecular weight is 451 g/mol. The van der Waals surface area contributed by atoms with Crippen molar-refractivity contribution >= 4 is 28.6 Å². The summed E-state index contributed by atoms with van der Waals surface area (Å²) in [6.45, 7) is 1.63. The maximum Gasteiger partial charge on any atom is 0.253 e. The molecule has 1 aliphatic rings. The Hall–Kier alpha value is -3.23. The molecule has 1 aliphatic heterocycles. The summed E-state index contributed by atoms with van der Waals surface area (Å²) in [7, 11) is 0. The standard InChI is InChI=1S/C24H21FN4OS.H2O/c1-31-22-15-29(24-26-13-17(14-27-24)18-6-2-3-7-20(18)25)21-12-16(8-9-19(21)22)23(30)28-10-4-5-11-28;/h2-3,6-9,12-15H,4-5,10-11H2,1H3;1H2. The molecule has 0 spiro atoms. The van der Waals surface area contributed by atoms with Crippen molar-refractivity contribution in [3.8, 4) is 17.1 Å². The minimum Gasteiger partial charge on any atom is -0.412 e. The maximum absolute atomic E-state index is 14.1. The van der Waals surface area contributed by atoms with E-state index >= 15 is 0 Å². The summed E-state index contributed by atoms with van der Waals surface area (Å²) < 4.78 is 16.0. The number of rotatable bonds is 4. The quantitative estimate of drug-likeness (QED) is 0.433. The van der Waals surface area contributed by atoms with Crippen molar-refractivity contribution in [2.75, 3.05) is 19.3 Å². The molecular weight excluding hydrogens is 427 g/mol. The molecule has 0 radical (unpaired) electrons. The van der Waals surface area contributed by atoms with Crippen LogP contribution in [0.25, 0.3) is 28.0 Å². The van der Waals surface area contributed by atoms with Gasteiger partial charge in [0.05, 0.1) is 5.52 Å². The number of hydrogen-bond acceptors (Lipinski definition) is 4. The Kier molecular flexibility index (Phi) is 6.25. The zero-order valence-electron chi connectivity index (χ0n) is 17.6. The smallest absolute Gasteiger partial charge is 0.253 e. The fourth-order valence-corrected chi connectivity index (χ4v) is 4.64. The normalized spacial score (nSPS) is 13.4. The van der Waals surface area contributed by atoms with Gasteiger partial charge in [0, 0.05) is 58.7 Å². The minimum atomic E-state index is -0.306. The maximum atomic E-state index is 14.1. The van der Waals surface area contributed by atoms with Crippen molar-refractivity contribution in [3.63, 3.8) is 0 Å². The third-order valence-electron chi connectivity index (χ3n) is 5.67. The number of thioether (sulfide) groups is 1. The number of carbonyl (C=O) groups is 1. The van der Waals surface area contributed by atoms with Crippen molar-refractivity contribution < 1.29 is 14.7 Å². The second kappa shape index (κ2) is 9.10. The predicted molar refractivity (Wildman–Crippen MR) is 125 cm³/mol. The molecule has 1 saturated heterocycles. The summed E-state index contributed by atoms with van der Waals surface area (Å²) in [4.78, 5) is 24.9. The van der Waals surface area contributed by atoms with Crippen LogP contribution in [0.3, 0.4) is 0 Å². The number of benzene rings is 2. The lowest BCUT2D eigenvalue weighted by molar-refractivity contribution is 0.0793. The van der Waals surface area contributed by atoms with Gasteiger partial charge in [-0.05, 0) is 37.3 Å². The van der Waals surface area contributed by atoms with E-state index in [0.717, 1.165) is 41.7 Å². The lowest BCUT2D eigenvalue weighted by atomic mass is 10.1. The summed E-state index contributed by atoms with van der Waals surface area (Å²) in [6, 6.07) is 12.4. The van der Waals surface area contributed by atoms with E-state index < -0.39 is 0 Å². The molecule has 6 nitrogen and oxygen atoms in total. The number of nitrogens with zero attached hydrogens (tertiary/aromatic N) is 4. The van der Waals surface area contributed by atoms with Crippen molar-refractivity contribution in [1.29, 1.82) is 0 Å². The van der Waals surface area contributed by atoms with E-state index in [-0.39, 0.29) is 17.2 Å². The SMILES string of the molecule is CSc1cn(-c2ncc(-c3ccccc3F)cn2)c2cc(C(=O)N3CCCC3)ccc12.O. The van der Waals surface area contributed by atoms with Gasteiger partial charge in [-0.25, -0.2) is 14.4 Å². The second-order valence-corrected chi connectivity index (χ2v) is 8.40. The van der Waals surface area contributed by atoms with E-state index in [1.807, 2.05) is 40.1 Å². The fraction of sp³-hybridized carbons (Fsp3) is 0.208. The lowest BCUT2D eigenvalue weighted by Crippen LogP contribution is -2.27. The molecule has 2 N–H and O–H groups in total. The number of amides is 1. The minimum absolute atomic E-state index is 0. The molecule has 0 atom stereocenters. The van der Waals surface area contributed by atoms with Gasteiger partial charge in [0.1, 0.15) is 5.82 Å². The number of aromatic nitrogens is 3. The Labute approximate surface area is 189 Å². The van der Waals surface area contributed by atoms with Crippen LogP contribution in [0, 0.1) is 5.82 Å². The average Bonchev–Trinajstić information content (AvgIpc) is 3.47. The fourth-order valence-electron chi connectivity index (χ4n) is 4.04. The molecule has 8 heteroatoms. The van der Waals surface area contributed by atoms with E-state index in [0.29, 0.717) is 22.6 Å². The topological polar surface area (TPSA) is 82.5 Å². The molecule has 1 fully saturated rings. The number of hydrogen-bond donors (Lipinski definition) is 0. The Morgan fingerprint density at radius 2 is 1.78 bits per heavy atom. The van der Waals surface area contributed by atoms with Crippen molar-refractivity contribution in [2.45, 2.75) is 17.7 Å². The van der Waals surface area contributed by atoms with Crippen LogP contribution in [0.15, 0.2) is 66.0 Å². The molecule has 0 saturated carbocycles. The molecule has 4 aromatic rings. The van der Waals surface area contributed by atoms with E-state index in [1.54, 1.807) is 42.4 Å². The highest BCUT2D eigenvalue weighted by molar-refractivity contribution is 7.98. The Morgan fingerprint density at radius 3 is 2.47 bits per heavy atom. The van der Waals surface area contributed by atoms with E-state index in [9.17, 15) is 9.18 Å². The van der Waals surface area contributed by atoms with Gasteiger partial charge in [-0.3, -0.25) is 9.36 Å². The van der Waals surface area contributed by atoms with Crippen LogP contribution >= 0.6 is 11.8 Å². The molecule has 0 bridgehead atoms. The van der Waals surface area contributed by atoms with Gasteiger partial charge < -0.3 is 10.4 Å². The molecule has 0 unspecified atom stereocenters.